The van der Waals surface area contributed by atoms with Crippen molar-refractivity contribution in [1.29, 1.82) is 0 Å². The number of benzene rings is 2. The maximum Gasteiger partial charge on any atom is 0.233 e. The summed E-state index contributed by atoms with van der Waals surface area (Å²) < 4.78 is 0. The minimum Gasteiger partial charge on any atom is -0.309 e. The van der Waals surface area contributed by atoms with Gasteiger partial charge in [-0.15, -0.1) is 0 Å². The molecule has 2 nitrogen and oxygen atoms in total. The molecule has 85 valence electrons. The number of hydrogen-bond donors (Lipinski definition) is 1. The fraction of sp³-hybridized carbons (Fsp3) is 0.133. The van der Waals surface area contributed by atoms with Crippen molar-refractivity contribution < 1.29 is 4.79 Å². The summed E-state index contributed by atoms with van der Waals surface area (Å²) in [6, 6.07) is 17.7. The second-order valence-corrected chi connectivity index (χ2v) is 3.89. The van der Waals surface area contributed by atoms with Crippen LogP contribution >= 0.6 is 0 Å². The van der Waals surface area contributed by atoms with Crippen LogP contribution in [-0.4, -0.2) is 6.29 Å². The first kappa shape index (κ1) is 11.6. The molecule has 2 heteroatoms. The van der Waals surface area contributed by atoms with Gasteiger partial charge in [-0.2, -0.15) is 0 Å². The number of rotatable bonds is 5. The van der Waals surface area contributed by atoms with Crippen molar-refractivity contribution in [2.24, 2.45) is 0 Å². The Morgan fingerprint density at radius 2 is 1.41 bits per heavy atom. The third-order valence-electron chi connectivity index (χ3n) is 2.57. The van der Waals surface area contributed by atoms with Crippen LogP contribution in [0.25, 0.3) is 0 Å². The third-order valence-corrected chi connectivity index (χ3v) is 2.57. The fourth-order valence-corrected chi connectivity index (χ4v) is 1.64. The molecule has 0 unspecified atom stereocenters. The molecule has 0 aliphatic carbocycles. The number of hydrogen-bond acceptors (Lipinski definition) is 2. The van der Waals surface area contributed by atoms with Gasteiger partial charge in [0.1, 0.15) is 0 Å². The normalized spacial score (nSPS) is 10.1. The van der Waals surface area contributed by atoms with Crippen molar-refractivity contribution in [3.8, 4) is 0 Å². The molecule has 2 aromatic carbocycles. The van der Waals surface area contributed by atoms with Gasteiger partial charge in [0, 0.05) is 18.7 Å². The smallest absolute Gasteiger partial charge is 0.233 e. The van der Waals surface area contributed by atoms with Gasteiger partial charge >= 0.3 is 0 Å². The SMILES string of the molecule is O=[C]c1ccc(CNCc2ccccc2)cc1. The molecule has 1 N–H and O–H groups in total. The van der Waals surface area contributed by atoms with E-state index >= 15 is 0 Å². The Labute approximate surface area is 101 Å². The molecular formula is C15H14NO. The average molecular weight is 224 g/mol. The standard InChI is InChI=1S/C15H14NO/c17-12-15-8-6-14(7-9-15)11-16-10-13-4-2-1-3-5-13/h1-9,16H,10-11H2. The second-order valence-electron chi connectivity index (χ2n) is 3.89. The van der Waals surface area contributed by atoms with E-state index in [1.807, 2.05) is 36.6 Å². The Morgan fingerprint density at radius 3 is 2.00 bits per heavy atom. The second kappa shape index (κ2) is 5.97. The molecule has 0 saturated heterocycles. The average Bonchev–Trinajstić information content (AvgIpc) is 2.41. The number of nitrogens with one attached hydrogen (secondary N) is 1. The van der Waals surface area contributed by atoms with Crippen LogP contribution in [0.1, 0.15) is 16.7 Å². The first-order valence-electron chi connectivity index (χ1n) is 5.60. The summed E-state index contributed by atoms with van der Waals surface area (Å²) in [6.07, 6.45) is 1.87. The summed E-state index contributed by atoms with van der Waals surface area (Å²) in [5, 5.41) is 3.36. The highest BCUT2D eigenvalue weighted by Gasteiger charge is 1.95. The largest absolute Gasteiger partial charge is 0.309 e. The highest BCUT2D eigenvalue weighted by Crippen LogP contribution is 2.03. The molecule has 0 aliphatic heterocycles. The molecule has 0 spiro atoms. The van der Waals surface area contributed by atoms with Gasteiger partial charge in [-0.25, -0.2) is 0 Å². The zero-order valence-corrected chi connectivity index (χ0v) is 9.52. The van der Waals surface area contributed by atoms with E-state index in [-0.39, 0.29) is 0 Å². The van der Waals surface area contributed by atoms with Crippen LogP contribution in [0.15, 0.2) is 54.6 Å². The van der Waals surface area contributed by atoms with Crippen molar-refractivity contribution in [2.75, 3.05) is 0 Å². The van der Waals surface area contributed by atoms with Gasteiger partial charge in [0.15, 0.2) is 0 Å². The maximum atomic E-state index is 10.4. The molecule has 2 aromatic rings. The molecule has 0 fully saturated rings. The van der Waals surface area contributed by atoms with E-state index in [0.717, 1.165) is 13.1 Å². The first-order chi connectivity index (χ1) is 8.38. The zero-order valence-electron chi connectivity index (χ0n) is 9.52. The van der Waals surface area contributed by atoms with E-state index in [4.69, 9.17) is 0 Å². The van der Waals surface area contributed by atoms with Gasteiger partial charge in [0.05, 0.1) is 0 Å². The Balaban J connectivity index is 1.84. The summed E-state index contributed by atoms with van der Waals surface area (Å²) in [5.41, 5.74) is 3.03. The van der Waals surface area contributed by atoms with Crippen molar-refractivity contribution in [1.82, 2.24) is 5.32 Å². The topological polar surface area (TPSA) is 29.1 Å². The molecule has 17 heavy (non-hydrogen) atoms. The van der Waals surface area contributed by atoms with E-state index in [1.54, 1.807) is 12.1 Å². The van der Waals surface area contributed by atoms with Crippen LogP contribution in [0, 0.1) is 0 Å². The van der Waals surface area contributed by atoms with E-state index in [0.29, 0.717) is 5.56 Å². The van der Waals surface area contributed by atoms with Crippen LogP contribution in [0.3, 0.4) is 0 Å². The maximum absolute atomic E-state index is 10.4. The van der Waals surface area contributed by atoms with E-state index in [2.05, 4.69) is 17.4 Å². The van der Waals surface area contributed by atoms with Crippen LogP contribution in [0.4, 0.5) is 0 Å². The third kappa shape index (κ3) is 3.54. The Hall–Kier alpha value is -1.93. The lowest BCUT2D eigenvalue weighted by Crippen LogP contribution is -2.12. The van der Waals surface area contributed by atoms with Crippen molar-refractivity contribution >= 4 is 6.29 Å². The minimum absolute atomic E-state index is 0.594. The molecule has 2 rings (SSSR count). The van der Waals surface area contributed by atoms with Gasteiger partial charge < -0.3 is 5.32 Å². The summed E-state index contributed by atoms with van der Waals surface area (Å²) >= 11 is 0. The predicted molar refractivity (Wildman–Crippen MR) is 68.2 cm³/mol. The van der Waals surface area contributed by atoms with Crippen molar-refractivity contribution in [3.63, 3.8) is 0 Å². The molecule has 1 radical (unpaired) electrons. The summed E-state index contributed by atoms with van der Waals surface area (Å²) in [6.45, 7) is 1.65. The van der Waals surface area contributed by atoms with E-state index < -0.39 is 0 Å². The molecule has 0 aromatic heterocycles. The number of carbonyl (C=O) groups excluding carboxylic acids is 1. The van der Waals surface area contributed by atoms with Crippen LogP contribution in [-0.2, 0) is 17.9 Å². The highest BCUT2D eigenvalue weighted by atomic mass is 16.1. The van der Waals surface area contributed by atoms with Gasteiger partial charge in [-0.1, -0.05) is 54.6 Å². The minimum atomic E-state index is 0.594. The summed E-state index contributed by atoms with van der Waals surface area (Å²) in [5.74, 6) is 0. The molecule has 0 heterocycles. The van der Waals surface area contributed by atoms with Gasteiger partial charge in [-0.05, 0) is 11.1 Å². The first-order valence-corrected chi connectivity index (χ1v) is 5.60. The summed E-state index contributed by atoms with van der Waals surface area (Å²) in [7, 11) is 0. The quantitative estimate of drug-likeness (QED) is 0.845. The Kier molecular flexibility index (Phi) is 4.05. The lowest BCUT2D eigenvalue weighted by molar-refractivity contribution is 0.562. The molecule has 0 aliphatic rings. The molecule has 0 saturated carbocycles. The Morgan fingerprint density at radius 1 is 0.824 bits per heavy atom. The van der Waals surface area contributed by atoms with Crippen molar-refractivity contribution in [2.45, 2.75) is 13.1 Å². The molecule has 0 amide bonds. The van der Waals surface area contributed by atoms with Crippen LogP contribution in [0.2, 0.25) is 0 Å². The lowest BCUT2D eigenvalue weighted by Gasteiger charge is -2.05. The monoisotopic (exact) mass is 224 g/mol. The lowest BCUT2D eigenvalue weighted by atomic mass is 10.1. The Bertz CT molecular complexity index is 462. The van der Waals surface area contributed by atoms with Crippen LogP contribution < -0.4 is 5.32 Å². The predicted octanol–water partition coefficient (Wildman–Crippen LogP) is 2.43. The molecule has 0 bridgehead atoms. The fourth-order valence-electron chi connectivity index (χ4n) is 1.64. The molecular weight excluding hydrogens is 210 g/mol. The molecule has 0 atom stereocenters. The van der Waals surface area contributed by atoms with Crippen LogP contribution in [0.5, 0.6) is 0 Å². The highest BCUT2D eigenvalue weighted by molar-refractivity contribution is 5.75. The van der Waals surface area contributed by atoms with Crippen molar-refractivity contribution in [3.05, 3.63) is 71.3 Å². The van der Waals surface area contributed by atoms with Gasteiger partial charge in [0.25, 0.3) is 0 Å². The van der Waals surface area contributed by atoms with Gasteiger partial charge in [0.2, 0.25) is 6.29 Å². The van der Waals surface area contributed by atoms with E-state index in [1.165, 1.54) is 11.1 Å². The summed E-state index contributed by atoms with van der Waals surface area (Å²) in [4.78, 5) is 10.4. The van der Waals surface area contributed by atoms with E-state index in [9.17, 15) is 4.79 Å². The van der Waals surface area contributed by atoms with Gasteiger partial charge in [-0.3, -0.25) is 4.79 Å². The zero-order chi connectivity index (χ0) is 11.9.